The Morgan fingerprint density at radius 2 is 2.04 bits per heavy atom. The first-order valence-electron chi connectivity index (χ1n) is 8.44. The lowest BCUT2D eigenvalue weighted by molar-refractivity contribution is 0.0739. The van der Waals surface area contributed by atoms with Crippen molar-refractivity contribution >= 4 is 33.2 Å². The van der Waals surface area contributed by atoms with Crippen molar-refractivity contribution in [2.24, 2.45) is 5.92 Å². The number of carbonyl (C=O) groups excluding carboxylic acids is 1. The SMILES string of the molecule is CC(C)CN(CCc1nc(-c2ccc(Br)cc2)no1)C(=O)c1cccs1. The van der Waals surface area contributed by atoms with Crippen LogP contribution in [-0.2, 0) is 6.42 Å². The van der Waals surface area contributed by atoms with Crippen molar-refractivity contribution in [2.45, 2.75) is 20.3 Å². The van der Waals surface area contributed by atoms with E-state index in [0.29, 0.717) is 37.1 Å². The van der Waals surface area contributed by atoms with Crippen molar-refractivity contribution < 1.29 is 9.32 Å². The predicted molar refractivity (Wildman–Crippen MR) is 106 cm³/mol. The minimum Gasteiger partial charge on any atom is -0.339 e. The number of amides is 1. The minimum atomic E-state index is 0.0568. The fourth-order valence-corrected chi connectivity index (χ4v) is 3.53. The van der Waals surface area contributed by atoms with Gasteiger partial charge in [-0.2, -0.15) is 4.98 Å². The normalized spacial score (nSPS) is 11.1. The number of benzene rings is 1. The molecule has 2 heterocycles. The molecule has 26 heavy (non-hydrogen) atoms. The fourth-order valence-electron chi connectivity index (χ4n) is 2.58. The molecule has 3 aromatic rings. The van der Waals surface area contributed by atoms with Crippen molar-refractivity contribution in [2.75, 3.05) is 13.1 Å². The zero-order valence-electron chi connectivity index (χ0n) is 14.7. The van der Waals surface area contributed by atoms with Crippen LogP contribution >= 0.6 is 27.3 Å². The van der Waals surface area contributed by atoms with E-state index in [1.807, 2.05) is 46.7 Å². The Morgan fingerprint density at radius 3 is 2.69 bits per heavy atom. The van der Waals surface area contributed by atoms with Gasteiger partial charge in [-0.1, -0.05) is 41.0 Å². The number of nitrogens with zero attached hydrogens (tertiary/aromatic N) is 3. The molecule has 0 aliphatic heterocycles. The van der Waals surface area contributed by atoms with E-state index in [9.17, 15) is 4.79 Å². The van der Waals surface area contributed by atoms with Crippen molar-refractivity contribution in [1.29, 1.82) is 0 Å². The molecule has 136 valence electrons. The largest absolute Gasteiger partial charge is 0.339 e. The third kappa shape index (κ3) is 4.80. The number of thiophene rings is 1. The summed E-state index contributed by atoms with van der Waals surface area (Å²) >= 11 is 4.88. The second-order valence-corrected chi connectivity index (χ2v) is 8.25. The van der Waals surface area contributed by atoms with Crippen LogP contribution in [0.3, 0.4) is 0 Å². The Labute approximate surface area is 165 Å². The second kappa shape index (κ2) is 8.60. The first-order valence-corrected chi connectivity index (χ1v) is 10.1. The Hall–Kier alpha value is -1.99. The molecule has 3 rings (SSSR count). The first kappa shape index (κ1) is 18.8. The Morgan fingerprint density at radius 1 is 1.27 bits per heavy atom. The van der Waals surface area contributed by atoms with E-state index in [4.69, 9.17) is 4.52 Å². The van der Waals surface area contributed by atoms with E-state index in [2.05, 4.69) is 39.9 Å². The monoisotopic (exact) mass is 433 g/mol. The zero-order chi connectivity index (χ0) is 18.5. The molecule has 0 saturated carbocycles. The van der Waals surface area contributed by atoms with E-state index in [-0.39, 0.29) is 5.91 Å². The molecule has 5 nitrogen and oxygen atoms in total. The fraction of sp³-hybridized carbons (Fsp3) is 0.316. The van der Waals surface area contributed by atoms with Crippen LogP contribution in [0.15, 0.2) is 50.8 Å². The molecule has 0 aliphatic rings. The first-order chi connectivity index (χ1) is 12.5. The number of rotatable bonds is 7. The summed E-state index contributed by atoms with van der Waals surface area (Å²) < 4.78 is 6.37. The molecule has 1 amide bonds. The average molecular weight is 434 g/mol. The van der Waals surface area contributed by atoms with E-state index in [0.717, 1.165) is 14.9 Å². The highest BCUT2D eigenvalue weighted by atomic mass is 79.9. The topological polar surface area (TPSA) is 59.2 Å². The number of hydrogen-bond acceptors (Lipinski definition) is 5. The lowest BCUT2D eigenvalue weighted by Gasteiger charge is -2.23. The number of halogens is 1. The van der Waals surface area contributed by atoms with Gasteiger partial charge in [0.2, 0.25) is 11.7 Å². The summed E-state index contributed by atoms with van der Waals surface area (Å²) in [6.07, 6.45) is 0.535. The van der Waals surface area contributed by atoms with Gasteiger partial charge in [0.25, 0.3) is 5.91 Å². The van der Waals surface area contributed by atoms with E-state index in [1.165, 1.54) is 11.3 Å². The molecule has 0 fully saturated rings. The van der Waals surface area contributed by atoms with E-state index >= 15 is 0 Å². The summed E-state index contributed by atoms with van der Waals surface area (Å²) in [5, 5.41) is 5.97. The molecule has 0 saturated heterocycles. The van der Waals surface area contributed by atoms with Gasteiger partial charge >= 0.3 is 0 Å². The average Bonchev–Trinajstić information content (AvgIpc) is 3.30. The van der Waals surface area contributed by atoms with Crippen LogP contribution in [0.1, 0.15) is 29.4 Å². The summed E-state index contributed by atoms with van der Waals surface area (Å²) in [5.74, 6) is 1.55. The van der Waals surface area contributed by atoms with Gasteiger partial charge in [-0.25, -0.2) is 0 Å². The van der Waals surface area contributed by atoms with Crippen LogP contribution in [0.25, 0.3) is 11.4 Å². The third-order valence-corrected chi connectivity index (χ3v) is 5.16. The molecule has 0 N–H and O–H groups in total. The van der Waals surface area contributed by atoms with E-state index < -0.39 is 0 Å². The molecule has 2 aromatic heterocycles. The van der Waals surface area contributed by atoms with Gasteiger partial charge < -0.3 is 9.42 Å². The quantitative estimate of drug-likeness (QED) is 0.531. The van der Waals surface area contributed by atoms with Crippen LogP contribution < -0.4 is 0 Å². The molecule has 0 aliphatic carbocycles. The Kier molecular flexibility index (Phi) is 6.21. The van der Waals surface area contributed by atoms with Gasteiger partial charge in [-0.3, -0.25) is 4.79 Å². The van der Waals surface area contributed by atoms with Crippen molar-refractivity contribution in [3.8, 4) is 11.4 Å². The summed E-state index contributed by atoms with van der Waals surface area (Å²) in [6, 6.07) is 11.5. The maximum absolute atomic E-state index is 12.7. The van der Waals surface area contributed by atoms with Crippen LogP contribution in [0, 0.1) is 5.92 Å². The highest BCUT2D eigenvalue weighted by molar-refractivity contribution is 9.10. The predicted octanol–water partition coefficient (Wildman–Crippen LogP) is 4.90. The van der Waals surface area contributed by atoms with Gasteiger partial charge in [-0.05, 0) is 41.6 Å². The van der Waals surface area contributed by atoms with E-state index in [1.54, 1.807) is 0 Å². The van der Waals surface area contributed by atoms with Gasteiger partial charge in [0.05, 0.1) is 4.88 Å². The molecular weight excluding hydrogens is 414 g/mol. The highest BCUT2D eigenvalue weighted by Gasteiger charge is 2.19. The number of aromatic nitrogens is 2. The van der Waals surface area contributed by atoms with Gasteiger partial charge in [-0.15, -0.1) is 11.3 Å². The van der Waals surface area contributed by atoms with Gasteiger partial charge in [0, 0.05) is 29.5 Å². The third-order valence-electron chi connectivity index (χ3n) is 3.77. The summed E-state index contributed by atoms with van der Waals surface area (Å²) in [6.45, 7) is 5.46. The van der Waals surface area contributed by atoms with Crippen LogP contribution in [0.5, 0.6) is 0 Å². The molecule has 0 bridgehead atoms. The molecule has 7 heteroatoms. The number of carbonyl (C=O) groups is 1. The smallest absolute Gasteiger partial charge is 0.263 e. The van der Waals surface area contributed by atoms with Crippen LogP contribution in [0.4, 0.5) is 0 Å². The lowest BCUT2D eigenvalue weighted by Crippen LogP contribution is -2.35. The van der Waals surface area contributed by atoms with Crippen molar-refractivity contribution in [3.63, 3.8) is 0 Å². The molecule has 0 radical (unpaired) electrons. The molecule has 0 unspecified atom stereocenters. The van der Waals surface area contributed by atoms with Crippen molar-refractivity contribution in [1.82, 2.24) is 15.0 Å². The minimum absolute atomic E-state index is 0.0568. The summed E-state index contributed by atoms with van der Waals surface area (Å²) in [5.41, 5.74) is 0.900. The second-order valence-electron chi connectivity index (χ2n) is 6.39. The Bertz CT molecular complexity index is 844. The van der Waals surface area contributed by atoms with Gasteiger partial charge in [0.15, 0.2) is 0 Å². The maximum Gasteiger partial charge on any atom is 0.263 e. The van der Waals surface area contributed by atoms with Crippen molar-refractivity contribution in [3.05, 3.63) is 57.0 Å². The zero-order valence-corrected chi connectivity index (χ0v) is 17.1. The maximum atomic E-state index is 12.7. The Balaban J connectivity index is 1.67. The summed E-state index contributed by atoms with van der Waals surface area (Å²) in [4.78, 5) is 19.8. The molecule has 1 aromatic carbocycles. The summed E-state index contributed by atoms with van der Waals surface area (Å²) in [7, 11) is 0. The van der Waals surface area contributed by atoms with Crippen LogP contribution in [-0.4, -0.2) is 34.0 Å². The lowest BCUT2D eigenvalue weighted by atomic mass is 10.2. The van der Waals surface area contributed by atoms with Crippen LogP contribution in [0.2, 0.25) is 0 Å². The molecule has 0 atom stereocenters. The molecule has 0 spiro atoms. The highest BCUT2D eigenvalue weighted by Crippen LogP contribution is 2.19. The molecular formula is C19H20BrN3O2S. The standard InChI is InChI=1S/C19H20BrN3O2S/c1-13(2)12-23(19(24)16-4-3-11-26-16)10-9-17-21-18(22-25-17)14-5-7-15(20)8-6-14/h3-8,11,13H,9-10,12H2,1-2H3. The van der Waals surface area contributed by atoms with Gasteiger partial charge in [0.1, 0.15) is 0 Å². The number of hydrogen-bond donors (Lipinski definition) is 0.